The van der Waals surface area contributed by atoms with Crippen molar-refractivity contribution in [2.75, 3.05) is 12.3 Å². The molecule has 2 rings (SSSR count). The molecule has 0 amide bonds. The van der Waals surface area contributed by atoms with Crippen LogP contribution in [0.5, 0.6) is 0 Å². The molecule has 1 heterocycles. The Hall–Kier alpha value is -0.410. The van der Waals surface area contributed by atoms with Gasteiger partial charge < -0.3 is 0 Å². The maximum Gasteiger partial charge on any atom is 0.124 e. The van der Waals surface area contributed by atoms with Gasteiger partial charge in [-0.3, -0.25) is 4.99 Å². The number of aliphatic imine (C=N–C) groups is 1. The first-order valence-corrected chi connectivity index (χ1v) is 6.67. The number of rotatable bonds is 2. The van der Waals surface area contributed by atoms with E-state index in [0.29, 0.717) is 0 Å². The molecule has 1 nitrogen and oxygen atoms in total. The lowest BCUT2D eigenvalue weighted by Crippen LogP contribution is -1.84. The fourth-order valence-electron chi connectivity index (χ4n) is 1.23. The van der Waals surface area contributed by atoms with Crippen molar-refractivity contribution in [3.8, 4) is 0 Å². The molecule has 14 heavy (non-hydrogen) atoms. The molecule has 0 fully saturated rings. The van der Waals surface area contributed by atoms with Gasteiger partial charge in [-0.15, -0.1) is 0 Å². The molecule has 0 aliphatic carbocycles. The Labute approximate surface area is 93.4 Å². The van der Waals surface area contributed by atoms with Crippen molar-refractivity contribution >= 4 is 27.9 Å². The number of nitrogens with zero attached hydrogens (tertiary/aromatic N) is 1. The number of hydrogen-bond acceptors (Lipinski definition) is 3. The molecule has 0 unspecified atom stereocenters. The number of hydrogen-bond donors (Lipinski definition) is 0. The van der Waals surface area contributed by atoms with E-state index in [1.807, 2.05) is 23.5 Å². The third-order valence-corrected chi connectivity index (χ3v) is 4.36. The fourth-order valence-corrected chi connectivity index (χ4v) is 3.20. The lowest BCUT2D eigenvalue weighted by Gasteiger charge is -2.01. The van der Waals surface area contributed by atoms with E-state index in [9.17, 15) is 0 Å². The molecule has 3 heteroatoms. The first kappa shape index (κ1) is 10.1. The molecule has 1 aromatic carbocycles. The van der Waals surface area contributed by atoms with Gasteiger partial charge in [0.1, 0.15) is 4.38 Å². The highest BCUT2D eigenvalue weighted by atomic mass is 32.2. The minimum Gasteiger partial charge on any atom is -0.271 e. The van der Waals surface area contributed by atoms with Gasteiger partial charge >= 0.3 is 0 Å². The van der Waals surface area contributed by atoms with Crippen LogP contribution in [0.15, 0.2) is 29.3 Å². The predicted octanol–water partition coefficient (Wildman–Crippen LogP) is 3.33. The summed E-state index contributed by atoms with van der Waals surface area (Å²) >= 11 is 3.73. The first-order valence-electron chi connectivity index (χ1n) is 4.70. The van der Waals surface area contributed by atoms with Gasteiger partial charge in [0.2, 0.25) is 0 Å². The van der Waals surface area contributed by atoms with Crippen LogP contribution in [0.3, 0.4) is 0 Å². The Morgan fingerprint density at radius 2 is 2.14 bits per heavy atom. The van der Waals surface area contributed by atoms with Crippen LogP contribution in [-0.2, 0) is 5.75 Å². The Kier molecular flexibility index (Phi) is 3.54. The van der Waals surface area contributed by atoms with E-state index in [4.69, 9.17) is 0 Å². The smallest absolute Gasteiger partial charge is 0.124 e. The molecule has 0 aromatic heterocycles. The fraction of sp³-hybridized carbons (Fsp3) is 0.364. The molecule has 1 aliphatic heterocycles. The molecule has 0 radical (unpaired) electrons. The zero-order valence-corrected chi connectivity index (χ0v) is 9.83. The number of benzene rings is 1. The summed E-state index contributed by atoms with van der Waals surface area (Å²) in [4.78, 5) is 4.41. The normalized spacial score (nSPS) is 15.6. The molecule has 0 saturated carbocycles. The second-order valence-corrected chi connectivity index (χ2v) is 5.58. The van der Waals surface area contributed by atoms with E-state index in [1.54, 1.807) is 0 Å². The minimum absolute atomic E-state index is 1.00. The molecular formula is C11H13NS2. The van der Waals surface area contributed by atoms with Crippen molar-refractivity contribution in [3.05, 3.63) is 35.4 Å². The van der Waals surface area contributed by atoms with E-state index in [1.165, 1.54) is 15.5 Å². The van der Waals surface area contributed by atoms with Gasteiger partial charge in [0.05, 0.1) is 6.54 Å². The van der Waals surface area contributed by atoms with Gasteiger partial charge in [-0.1, -0.05) is 53.4 Å². The monoisotopic (exact) mass is 223 g/mol. The number of aryl methyl sites for hydroxylation is 1. The third kappa shape index (κ3) is 2.79. The molecule has 0 spiro atoms. The highest BCUT2D eigenvalue weighted by Crippen LogP contribution is 2.25. The predicted molar refractivity (Wildman–Crippen MR) is 67.2 cm³/mol. The number of thioether (sulfide) groups is 2. The van der Waals surface area contributed by atoms with Crippen LogP contribution in [0.2, 0.25) is 0 Å². The Bertz CT molecular complexity index is 330. The molecule has 0 N–H and O–H groups in total. The van der Waals surface area contributed by atoms with Gasteiger partial charge in [0.25, 0.3) is 0 Å². The van der Waals surface area contributed by atoms with Gasteiger partial charge in [0.15, 0.2) is 0 Å². The van der Waals surface area contributed by atoms with E-state index < -0.39 is 0 Å². The van der Waals surface area contributed by atoms with Crippen LogP contribution >= 0.6 is 23.5 Å². The van der Waals surface area contributed by atoms with Gasteiger partial charge in [-0.25, -0.2) is 0 Å². The van der Waals surface area contributed by atoms with E-state index in [2.05, 4.69) is 36.2 Å². The Morgan fingerprint density at radius 3 is 2.79 bits per heavy atom. The zero-order valence-electron chi connectivity index (χ0n) is 8.19. The summed E-state index contributed by atoms with van der Waals surface area (Å²) in [6.07, 6.45) is 0. The second kappa shape index (κ2) is 4.89. The average molecular weight is 223 g/mol. The van der Waals surface area contributed by atoms with Crippen LogP contribution in [0.25, 0.3) is 0 Å². The van der Waals surface area contributed by atoms with Crippen LogP contribution < -0.4 is 0 Å². The minimum atomic E-state index is 1.00. The third-order valence-electron chi connectivity index (χ3n) is 2.04. The molecule has 0 saturated heterocycles. The van der Waals surface area contributed by atoms with Gasteiger partial charge in [-0.2, -0.15) is 0 Å². The molecule has 0 atom stereocenters. The van der Waals surface area contributed by atoms with Crippen molar-refractivity contribution in [3.63, 3.8) is 0 Å². The van der Waals surface area contributed by atoms with Crippen molar-refractivity contribution in [1.29, 1.82) is 0 Å². The summed E-state index contributed by atoms with van der Waals surface area (Å²) in [5, 5.41) is 0. The molecular weight excluding hydrogens is 210 g/mol. The van der Waals surface area contributed by atoms with Gasteiger partial charge in [0, 0.05) is 11.5 Å². The summed E-state index contributed by atoms with van der Waals surface area (Å²) in [6, 6.07) is 8.73. The topological polar surface area (TPSA) is 12.4 Å². The van der Waals surface area contributed by atoms with Crippen LogP contribution in [-0.4, -0.2) is 16.7 Å². The SMILES string of the molecule is Cc1ccc(CSC2=NCCS2)cc1. The summed E-state index contributed by atoms with van der Waals surface area (Å²) in [6.45, 7) is 3.12. The first-order chi connectivity index (χ1) is 6.84. The van der Waals surface area contributed by atoms with Crippen LogP contribution in [0.1, 0.15) is 11.1 Å². The second-order valence-electron chi connectivity index (χ2n) is 3.27. The van der Waals surface area contributed by atoms with Crippen molar-refractivity contribution in [2.45, 2.75) is 12.7 Å². The highest BCUT2D eigenvalue weighted by molar-refractivity contribution is 8.38. The lowest BCUT2D eigenvalue weighted by molar-refractivity contribution is 1.18. The summed E-state index contributed by atoms with van der Waals surface area (Å²) in [5.41, 5.74) is 2.71. The van der Waals surface area contributed by atoms with Crippen molar-refractivity contribution in [1.82, 2.24) is 0 Å². The van der Waals surface area contributed by atoms with Gasteiger partial charge in [-0.05, 0) is 12.5 Å². The summed E-state index contributed by atoms with van der Waals surface area (Å²) in [7, 11) is 0. The average Bonchev–Trinajstić information content (AvgIpc) is 2.70. The van der Waals surface area contributed by atoms with Crippen molar-refractivity contribution < 1.29 is 0 Å². The maximum absolute atomic E-state index is 4.41. The maximum atomic E-state index is 4.41. The van der Waals surface area contributed by atoms with Crippen LogP contribution in [0.4, 0.5) is 0 Å². The largest absolute Gasteiger partial charge is 0.271 e. The standard InChI is InChI=1S/C11H13NS2/c1-9-2-4-10(5-3-9)8-14-11-12-6-7-13-11/h2-5H,6-8H2,1H3. The zero-order chi connectivity index (χ0) is 9.80. The molecule has 1 aliphatic rings. The Balaban J connectivity index is 1.88. The molecule has 74 valence electrons. The lowest BCUT2D eigenvalue weighted by atomic mass is 10.2. The van der Waals surface area contributed by atoms with E-state index >= 15 is 0 Å². The summed E-state index contributed by atoms with van der Waals surface area (Å²) < 4.78 is 1.26. The quantitative estimate of drug-likeness (QED) is 0.762. The Morgan fingerprint density at radius 1 is 1.36 bits per heavy atom. The van der Waals surface area contributed by atoms with Crippen molar-refractivity contribution in [2.24, 2.45) is 4.99 Å². The van der Waals surface area contributed by atoms with E-state index in [0.717, 1.165) is 18.1 Å². The highest BCUT2D eigenvalue weighted by Gasteiger charge is 2.07. The van der Waals surface area contributed by atoms with E-state index in [-0.39, 0.29) is 0 Å². The molecule has 1 aromatic rings. The van der Waals surface area contributed by atoms with Crippen LogP contribution in [0, 0.1) is 6.92 Å². The summed E-state index contributed by atoms with van der Waals surface area (Å²) in [5.74, 6) is 2.21. The molecule has 0 bridgehead atoms.